The number of rotatable bonds is 4. The number of aromatic nitrogens is 2. The maximum atomic E-state index is 11.6. The monoisotopic (exact) mass is 269 g/mol. The lowest BCUT2D eigenvalue weighted by Gasteiger charge is -2.19. The summed E-state index contributed by atoms with van der Waals surface area (Å²) < 4.78 is 5.23. The van der Waals surface area contributed by atoms with Crippen molar-refractivity contribution >= 4 is 23.5 Å². The molecule has 1 heterocycles. The Balaban J connectivity index is 2.58. The van der Waals surface area contributed by atoms with Gasteiger partial charge in [0.2, 0.25) is 0 Å². The minimum Gasteiger partial charge on any atom is -0.459 e. The fourth-order valence-corrected chi connectivity index (χ4v) is 1.96. The zero-order valence-electron chi connectivity index (χ0n) is 11.4. The summed E-state index contributed by atoms with van der Waals surface area (Å²) in [5.41, 5.74) is -0.449. The van der Waals surface area contributed by atoms with E-state index in [0.29, 0.717) is 5.82 Å². The lowest BCUT2D eigenvalue weighted by Crippen LogP contribution is -2.24. The molecule has 0 amide bonds. The number of hydrogen-bond donors (Lipinski definition) is 1. The van der Waals surface area contributed by atoms with E-state index >= 15 is 0 Å². The molecule has 6 heteroatoms. The van der Waals surface area contributed by atoms with Crippen molar-refractivity contribution in [1.82, 2.24) is 9.97 Å². The molecule has 1 N–H and O–H groups in total. The maximum Gasteiger partial charge on any atom is 0.316 e. The number of thioether (sulfide) groups is 1. The summed E-state index contributed by atoms with van der Waals surface area (Å²) in [5.74, 6) is 1.43. The highest BCUT2D eigenvalue weighted by molar-refractivity contribution is 7.99. The number of hydrogen-bond acceptors (Lipinski definition) is 6. The van der Waals surface area contributed by atoms with E-state index in [1.54, 1.807) is 7.05 Å². The molecular formula is C12H19N3O2S. The molecule has 0 atom stereocenters. The average molecular weight is 269 g/mol. The molecule has 5 nitrogen and oxygen atoms in total. The highest BCUT2D eigenvalue weighted by Gasteiger charge is 2.16. The summed E-state index contributed by atoms with van der Waals surface area (Å²) >= 11 is 1.35. The van der Waals surface area contributed by atoms with E-state index in [2.05, 4.69) is 15.3 Å². The van der Waals surface area contributed by atoms with Crippen molar-refractivity contribution in [2.75, 3.05) is 18.1 Å². The lowest BCUT2D eigenvalue weighted by atomic mass is 10.2. The fourth-order valence-electron chi connectivity index (χ4n) is 1.25. The number of ether oxygens (including phenoxy) is 1. The molecule has 0 unspecified atom stereocenters. The largest absolute Gasteiger partial charge is 0.459 e. The number of nitrogens with one attached hydrogen (secondary N) is 1. The van der Waals surface area contributed by atoms with Gasteiger partial charge in [-0.05, 0) is 27.7 Å². The maximum absolute atomic E-state index is 11.6. The molecule has 18 heavy (non-hydrogen) atoms. The van der Waals surface area contributed by atoms with Crippen LogP contribution in [0.3, 0.4) is 0 Å². The third-order valence-corrected chi connectivity index (χ3v) is 2.71. The molecule has 0 radical (unpaired) electrons. The van der Waals surface area contributed by atoms with Gasteiger partial charge >= 0.3 is 5.97 Å². The van der Waals surface area contributed by atoms with Gasteiger partial charge in [-0.15, -0.1) is 0 Å². The first-order chi connectivity index (χ1) is 8.30. The molecule has 1 aromatic rings. The second kappa shape index (κ2) is 6.04. The molecule has 0 spiro atoms. The Labute approximate surface area is 112 Å². The van der Waals surface area contributed by atoms with Crippen molar-refractivity contribution < 1.29 is 9.53 Å². The fraction of sp³-hybridized carbons (Fsp3) is 0.583. The predicted molar refractivity (Wildman–Crippen MR) is 72.9 cm³/mol. The van der Waals surface area contributed by atoms with E-state index < -0.39 is 5.60 Å². The van der Waals surface area contributed by atoms with E-state index in [1.165, 1.54) is 11.8 Å². The first-order valence-electron chi connectivity index (χ1n) is 5.68. The molecule has 1 rings (SSSR count). The molecular weight excluding hydrogens is 250 g/mol. The van der Waals surface area contributed by atoms with Crippen LogP contribution in [0.4, 0.5) is 5.82 Å². The molecule has 0 saturated heterocycles. The Kier molecular flexibility index (Phi) is 4.95. The molecule has 0 aliphatic carbocycles. The van der Waals surface area contributed by atoms with Crippen LogP contribution in [0.15, 0.2) is 11.1 Å². The van der Waals surface area contributed by atoms with Gasteiger partial charge in [0.25, 0.3) is 0 Å². The average Bonchev–Trinajstić information content (AvgIpc) is 2.23. The van der Waals surface area contributed by atoms with Gasteiger partial charge in [-0.25, -0.2) is 9.97 Å². The first kappa shape index (κ1) is 14.8. The Hall–Kier alpha value is -1.30. The van der Waals surface area contributed by atoms with Gasteiger partial charge in [-0.1, -0.05) is 11.8 Å². The molecule has 0 aromatic carbocycles. The molecule has 0 bridgehead atoms. The third-order valence-electron chi connectivity index (χ3n) is 1.83. The standard InChI is InChI=1S/C12H19N3O2S/c1-8-14-9(13-5)6-10(15-8)18-7-11(16)17-12(2,3)4/h6H,7H2,1-5H3,(H,13,14,15). The van der Waals surface area contributed by atoms with Gasteiger partial charge in [0.15, 0.2) is 0 Å². The van der Waals surface area contributed by atoms with Crippen molar-refractivity contribution in [2.45, 2.75) is 38.3 Å². The quantitative estimate of drug-likeness (QED) is 0.514. The zero-order chi connectivity index (χ0) is 13.8. The van der Waals surface area contributed by atoms with Crippen LogP contribution in [0.1, 0.15) is 26.6 Å². The Morgan fingerprint density at radius 3 is 2.67 bits per heavy atom. The van der Waals surface area contributed by atoms with Crippen LogP contribution in [0.2, 0.25) is 0 Å². The van der Waals surface area contributed by atoms with Crippen molar-refractivity contribution in [2.24, 2.45) is 0 Å². The summed E-state index contributed by atoms with van der Waals surface area (Å²) in [4.78, 5) is 20.0. The number of aryl methyl sites for hydroxylation is 1. The minimum atomic E-state index is -0.449. The second-order valence-corrected chi connectivity index (χ2v) is 5.76. The van der Waals surface area contributed by atoms with Crippen LogP contribution in [-0.2, 0) is 9.53 Å². The smallest absolute Gasteiger partial charge is 0.316 e. The van der Waals surface area contributed by atoms with Crippen LogP contribution in [0.25, 0.3) is 0 Å². The Morgan fingerprint density at radius 2 is 2.11 bits per heavy atom. The van der Waals surface area contributed by atoms with Gasteiger partial charge in [-0.3, -0.25) is 4.79 Å². The van der Waals surface area contributed by atoms with Crippen molar-refractivity contribution in [3.63, 3.8) is 0 Å². The highest BCUT2D eigenvalue weighted by atomic mass is 32.2. The lowest BCUT2D eigenvalue weighted by molar-refractivity contribution is -0.151. The van der Waals surface area contributed by atoms with E-state index in [-0.39, 0.29) is 11.7 Å². The van der Waals surface area contributed by atoms with E-state index in [4.69, 9.17) is 4.74 Å². The van der Waals surface area contributed by atoms with Gasteiger partial charge in [0.05, 0.1) is 5.75 Å². The predicted octanol–water partition coefficient (Wildman–Crippen LogP) is 2.26. The first-order valence-corrected chi connectivity index (χ1v) is 6.67. The Morgan fingerprint density at radius 1 is 1.44 bits per heavy atom. The number of esters is 1. The molecule has 0 aliphatic heterocycles. The minimum absolute atomic E-state index is 0.241. The number of nitrogens with zero attached hydrogens (tertiary/aromatic N) is 2. The van der Waals surface area contributed by atoms with E-state index in [1.807, 2.05) is 33.8 Å². The second-order valence-electron chi connectivity index (χ2n) is 4.76. The van der Waals surface area contributed by atoms with Gasteiger partial charge in [0.1, 0.15) is 22.3 Å². The van der Waals surface area contributed by atoms with Crippen LogP contribution in [0.5, 0.6) is 0 Å². The number of anilines is 1. The molecule has 0 fully saturated rings. The van der Waals surface area contributed by atoms with Gasteiger partial charge in [-0.2, -0.15) is 0 Å². The van der Waals surface area contributed by atoms with Crippen LogP contribution >= 0.6 is 11.8 Å². The summed E-state index contributed by atoms with van der Waals surface area (Å²) in [7, 11) is 1.80. The van der Waals surface area contributed by atoms with Crippen molar-refractivity contribution in [1.29, 1.82) is 0 Å². The molecule has 0 saturated carbocycles. The van der Waals surface area contributed by atoms with E-state index in [0.717, 1.165) is 10.8 Å². The van der Waals surface area contributed by atoms with Gasteiger partial charge < -0.3 is 10.1 Å². The molecule has 0 aliphatic rings. The third kappa shape index (κ3) is 5.35. The number of carbonyl (C=O) groups excluding carboxylic acids is 1. The van der Waals surface area contributed by atoms with Crippen molar-refractivity contribution in [3.05, 3.63) is 11.9 Å². The van der Waals surface area contributed by atoms with Crippen molar-refractivity contribution in [3.8, 4) is 0 Å². The molecule has 100 valence electrons. The topological polar surface area (TPSA) is 64.1 Å². The van der Waals surface area contributed by atoms with Gasteiger partial charge in [0, 0.05) is 13.1 Å². The van der Waals surface area contributed by atoms with Crippen LogP contribution < -0.4 is 5.32 Å². The summed E-state index contributed by atoms with van der Waals surface area (Å²) in [6.45, 7) is 7.37. The summed E-state index contributed by atoms with van der Waals surface area (Å²) in [6, 6.07) is 1.81. The normalized spacial score (nSPS) is 11.2. The SMILES string of the molecule is CNc1cc(SCC(=O)OC(C)(C)C)nc(C)n1. The number of carbonyl (C=O) groups is 1. The Bertz CT molecular complexity index is 430. The van der Waals surface area contributed by atoms with E-state index in [9.17, 15) is 4.79 Å². The summed E-state index contributed by atoms with van der Waals surface area (Å²) in [6.07, 6.45) is 0. The van der Waals surface area contributed by atoms with Crippen LogP contribution in [-0.4, -0.2) is 34.3 Å². The zero-order valence-corrected chi connectivity index (χ0v) is 12.2. The summed E-state index contributed by atoms with van der Waals surface area (Å²) in [5, 5.41) is 3.72. The highest BCUT2D eigenvalue weighted by Crippen LogP contribution is 2.19. The van der Waals surface area contributed by atoms with Crippen LogP contribution in [0, 0.1) is 6.92 Å². The molecule has 1 aromatic heterocycles.